The van der Waals surface area contributed by atoms with Crippen molar-refractivity contribution in [2.75, 3.05) is 0 Å². The normalized spacial score (nSPS) is 19.9. The summed E-state index contributed by atoms with van der Waals surface area (Å²) in [6.45, 7) is 2.08. The SMILES string of the molecule is Cc1ccc(Cc2noc(C3CCC(CCCC(=O)c4ccc5c(c4)OC(=O)CCC5)CC3)n2)cc1. The minimum absolute atomic E-state index is 0.124. The first-order valence-corrected chi connectivity index (χ1v) is 13.3. The van der Waals surface area contributed by atoms with Crippen molar-refractivity contribution in [3.8, 4) is 5.75 Å². The van der Waals surface area contributed by atoms with Crippen molar-refractivity contribution < 1.29 is 18.8 Å². The van der Waals surface area contributed by atoms with E-state index < -0.39 is 0 Å². The number of hydrogen-bond donors (Lipinski definition) is 0. The molecule has 0 atom stereocenters. The fourth-order valence-corrected chi connectivity index (χ4v) is 5.41. The van der Waals surface area contributed by atoms with Gasteiger partial charge in [-0.25, -0.2) is 0 Å². The highest BCUT2D eigenvalue weighted by molar-refractivity contribution is 5.96. The second kappa shape index (κ2) is 11.2. The summed E-state index contributed by atoms with van der Waals surface area (Å²) in [5, 5.41) is 4.21. The molecule has 0 radical (unpaired) electrons. The number of aryl methyl sites for hydroxylation is 2. The first kappa shape index (κ1) is 24.4. The number of ether oxygens (including phenoxy) is 1. The zero-order chi connectivity index (χ0) is 24.9. The molecule has 0 amide bonds. The van der Waals surface area contributed by atoms with E-state index in [0.29, 0.717) is 42.4 Å². The number of benzene rings is 2. The van der Waals surface area contributed by atoms with Crippen LogP contribution in [0.3, 0.4) is 0 Å². The van der Waals surface area contributed by atoms with Gasteiger partial charge in [0.15, 0.2) is 11.6 Å². The van der Waals surface area contributed by atoms with Crippen LogP contribution >= 0.6 is 0 Å². The molecule has 5 rings (SSSR count). The molecule has 6 nitrogen and oxygen atoms in total. The summed E-state index contributed by atoms with van der Waals surface area (Å²) in [4.78, 5) is 29.2. The van der Waals surface area contributed by atoms with Crippen LogP contribution in [0.15, 0.2) is 47.0 Å². The zero-order valence-corrected chi connectivity index (χ0v) is 21.0. The second-order valence-electron chi connectivity index (χ2n) is 10.4. The van der Waals surface area contributed by atoms with E-state index in [1.165, 1.54) is 11.1 Å². The van der Waals surface area contributed by atoms with Gasteiger partial charge in [-0.05, 0) is 75.0 Å². The number of ketones is 1. The fourth-order valence-electron chi connectivity index (χ4n) is 5.41. The highest BCUT2D eigenvalue weighted by Crippen LogP contribution is 2.37. The Labute approximate surface area is 212 Å². The monoisotopic (exact) mass is 486 g/mol. The molecule has 2 aromatic carbocycles. The molecule has 0 N–H and O–H groups in total. The van der Waals surface area contributed by atoms with Gasteiger partial charge in [0, 0.05) is 30.7 Å². The van der Waals surface area contributed by atoms with Crippen LogP contribution in [0.4, 0.5) is 0 Å². The maximum Gasteiger partial charge on any atom is 0.311 e. The van der Waals surface area contributed by atoms with Gasteiger partial charge in [0.1, 0.15) is 5.75 Å². The quantitative estimate of drug-likeness (QED) is 0.204. The number of fused-ring (bicyclic) bond motifs is 1. The number of rotatable bonds is 8. The number of carbonyl (C=O) groups excluding carboxylic acids is 2. The molecule has 3 aromatic rings. The van der Waals surface area contributed by atoms with Gasteiger partial charge in [0.05, 0.1) is 0 Å². The highest BCUT2D eigenvalue weighted by Gasteiger charge is 2.26. The molecule has 6 heteroatoms. The van der Waals surface area contributed by atoms with Gasteiger partial charge in [-0.15, -0.1) is 0 Å². The lowest BCUT2D eigenvalue weighted by atomic mass is 9.79. The van der Waals surface area contributed by atoms with E-state index in [1.54, 1.807) is 6.07 Å². The van der Waals surface area contributed by atoms with Crippen molar-refractivity contribution in [3.63, 3.8) is 0 Å². The lowest BCUT2D eigenvalue weighted by Gasteiger charge is -2.26. The maximum atomic E-state index is 12.8. The third-order valence-corrected chi connectivity index (χ3v) is 7.62. The molecule has 1 aromatic heterocycles. The van der Waals surface area contributed by atoms with Gasteiger partial charge < -0.3 is 9.26 Å². The Morgan fingerprint density at radius 3 is 2.64 bits per heavy atom. The molecule has 2 aliphatic rings. The van der Waals surface area contributed by atoms with Gasteiger partial charge in [-0.3, -0.25) is 9.59 Å². The number of nitrogens with zero attached hydrogens (tertiary/aromatic N) is 2. The molecule has 36 heavy (non-hydrogen) atoms. The van der Waals surface area contributed by atoms with Crippen LogP contribution in [-0.2, 0) is 17.6 Å². The average molecular weight is 487 g/mol. The predicted octanol–water partition coefficient (Wildman–Crippen LogP) is 6.54. The average Bonchev–Trinajstić information content (AvgIpc) is 3.26. The van der Waals surface area contributed by atoms with Gasteiger partial charge in [0.25, 0.3) is 0 Å². The number of esters is 1. The van der Waals surface area contributed by atoms with Gasteiger partial charge in [-0.1, -0.05) is 53.5 Å². The van der Waals surface area contributed by atoms with Crippen LogP contribution in [0.25, 0.3) is 0 Å². The minimum Gasteiger partial charge on any atom is -0.426 e. The summed E-state index contributed by atoms with van der Waals surface area (Å²) in [5.74, 6) is 2.97. The predicted molar refractivity (Wildman–Crippen MR) is 136 cm³/mol. The van der Waals surface area contributed by atoms with Crippen LogP contribution in [0.5, 0.6) is 5.75 Å². The van der Waals surface area contributed by atoms with Crippen LogP contribution < -0.4 is 4.74 Å². The fraction of sp³-hybridized carbons (Fsp3) is 0.467. The van der Waals surface area contributed by atoms with E-state index >= 15 is 0 Å². The molecule has 1 aliphatic carbocycles. The van der Waals surface area contributed by atoms with E-state index in [9.17, 15) is 9.59 Å². The molecule has 2 heterocycles. The lowest BCUT2D eigenvalue weighted by Crippen LogP contribution is -2.14. The highest BCUT2D eigenvalue weighted by atomic mass is 16.5. The van der Waals surface area contributed by atoms with Crippen molar-refractivity contribution in [1.29, 1.82) is 0 Å². The Morgan fingerprint density at radius 2 is 1.83 bits per heavy atom. The largest absolute Gasteiger partial charge is 0.426 e. The molecule has 0 unspecified atom stereocenters. The van der Waals surface area contributed by atoms with Gasteiger partial charge >= 0.3 is 5.97 Å². The van der Waals surface area contributed by atoms with Gasteiger partial charge in [-0.2, -0.15) is 4.98 Å². The Kier molecular flexibility index (Phi) is 7.59. The summed E-state index contributed by atoms with van der Waals surface area (Å²) >= 11 is 0. The summed E-state index contributed by atoms with van der Waals surface area (Å²) in [5.41, 5.74) is 4.09. The van der Waals surface area contributed by atoms with Crippen molar-refractivity contribution in [2.24, 2.45) is 5.92 Å². The van der Waals surface area contributed by atoms with E-state index in [0.717, 1.165) is 68.6 Å². The Balaban J connectivity index is 1.06. The third-order valence-electron chi connectivity index (χ3n) is 7.62. The topological polar surface area (TPSA) is 82.3 Å². The molecule has 1 saturated carbocycles. The van der Waals surface area contributed by atoms with E-state index in [1.807, 2.05) is 12.1 Å². The molecular weight excluding hydrogens is 452 g/mol. The van der Waals surface area contributed by atoms with Crippen LogP contribution in [-0.4, -0.2) is 21.9 Å². The maximum absolute atomic E-state index is 12.8. The van der Waals surface area contributed by atoms with Crippen molar-refractivity contribution >= 4 is 11.8 Å². The summed E-state index contributed by atoms with van der Waals surface area (Å²) in [6.07, 6.45) is 9.57. The Bertz CT molecular complexity index is 1210. The van der Waals surface area contributed by atoms with Crippen LogP contribution in [0.1, 0.15) is 102 Å². The first-order valence-electron chi connectivity index (χ1n) is 13.3. The van der Waals surface area contributed by atoms with Gasteiger partial charge in [0.2, 0.25) is 5.89 Å². The molecule has 1 fully saturated rings. The molecule has 188 valence electrons. The molecular formula is C30H34N2O4. The zero-order valence-electron chi connectivity index (χ0n) is 21.0. The molecule has 0 spiro atoms. The summed E-state index contributed by atoms with van der Waals surface area (Å²) < 4.78 is 11.0. The number of hydrogen-bond acceptors (Lipinski definition) is 6. The number of aromatic nitrogens is 2. The summed E-state index contributed by atoms with van der Waals surface area (Å²) in [6, 6.07) is 14.0. The van der Waals surface area contributed by atoms with Crippen molar-refractivity contribution in [1.82, 2.24) is 10.1 Å². The summed E-state index contributed by atoms with van der Waals surface area (Å²) in [7, 11) is 0. The number of Topliss-reactive ketones (excluding diaryl/α,β-unsaturated/α-hetero) is 1. The first-order chi connectivity index (χ1) is 17.5. The molecule has 1 aliphatic heterocycles. The molecule has 0 bridgehead atoms. The van der Waals surface area contributed by atoms with Crippen LogP contribution in [0, 0.1) is 12.8 Å². The van der Waals surface area contributed by atoms with E-state index in [4.69, 9.17) is 9.26 Å². The Hall–Kier alpha value is -3.28. The third kappa shape index (κ3) is 6.10. The lowest BCUT2D eigenvalue weighted by molar-refractivity contribution is -0.134. The minimum atomic E-state index is -0.211. The Morgan fingerprint density at radius 1 is 1.03 bits per heavy atom. The standard InChI is InChI=1S/C30H34N2O4/c1-20-8-10-22(11-9-20)18-28-31-30(36-32-28)24-14-12-21(13-15-24)4-2-6-26(33)25-17-16-23-5-3-7-29(34)35-27(23)19-25/h8-11,16-17,19,21,24H,2-7,12-15,18H2,1H3. The van der Waals surface area contributed by atoms with Crippen molar-refractivity contribution in [2.45, 2.75) is 83.5 Å². The number of carbonyl (C=O) groups is 2. The van der Waals surface area contributed by atoms with Crippen LogP contribution in [0.2, 0.25) is 0 Å². The van der Waals surface area contributed by atoms with E-state index in [-0.39, 0.29) is 11.8 Å². The van der Waals surface area contributed by atoms with Crippen molar-refractivity contribution in [3.05, 3.63) is 76.4 Å². The van der Waals surface area contributed by atoms with E-state index in [2.05, 4.69) is 41.3 Å². The second-order valence-corrected chi connectivity index (χ2v) is 10.4. The molecule has 0 saturated heterocycles. The smallest absolute Gasteiger partial charge is 0.311 e.